The average molecular weight is 252 g/mol. The molecule has 0 bridgehead atoms. The molecule has 0 aliphatic heterocycles. The number of carbonyl (C=O) groups excluding carboxylic acids is 2. The van der Waals surface area contributed by atoms with Gasteiger partial charge in [0, 0.05) is 31.4 Å². The van der Waals surface area contributed by atoms with Crippen molar-refractivity contribution in [3.8, 4) is 6.07 Å². The number of hydrogen-bond donors (Lipinski definition) is 0. The molecule has 4 nitrogen and oxygen atoms in total. The molecule has 19 heavy (non-hydrogen) atoms. The van der Waals surface area contributed by atoms with Crippen LogP contribution in [0, 0.1) is 11.3 Å². The second-order valence-electron chi connectivity index (χ2n) is 4.42. The Bertz CT molecular complexity index is 624. The monoisotopic (exact) mass is 252 g/mol. The van der Waals surface area contributed by atoms with Crippen LogP contribution in [0.2, 0.25) is 0 Å². The van der Waals surface area contributed by atoms with Gasteiger partial charge in [-0.05, 0) is 6.08 Å². The zero-order valence-electron chi connectivity index (χ0n) is 10.7. The minimum absolute atomic E-state index is 0.0517. The van der Waals surface area contributed by atoms with E-state index in [9.17, 15) is 9.59 Å². The molecule has 1 aliphatic rings. The van der Waals surface area contributed by atoms with Crippen LogP contribution in [0.1, 0.15) is 20.7 Å². The summed E-state index contributed by atoms with van der Waals surface area (Å²) in [5, 5.41) is 9.01. The molecule has 0 unspecified atom stereocenters. The van der Waals surface area contributed by atoms with Crippen LogP contribution in [0.3, 0.4) is 0 Å². The van der Waals surface area contributed by atoms with E-state index in [1.165, 1.54) is 6.08 Å². The van der Waals surface area contributed by atoms with Gasteiger partial charge in [-0.3, -0.25) is 9.59 Å². The van der Waals surface area contributed by atoms with Gasteiger partial charge in [0.1, 0.15) is 6.07 Å². The maximum atomic E-state index is 12.1. The summed E-state index contributed by atoms with van der Waals surface area (Å²) < 4.78 is 0. The van der Waals surface area contributed by atoms with Gasteiger partial charge < -0.3 is 4.90 Å². The first-order valence-corrected chi connectivity index (χ1v) is 5.73. The first-order valence-electron chi connectivity index (χ1n) is 5.73. The second-order valence-corrected chi connectivity index (χ2v) is 4.42. The number of hydrogen-bond acceptors (Lipinski definition) is 4. The summed E-state index contributed by atoms with van der Waals surface area (Å²) in [6.07, 6.45) is 2.92. The fourth-order valence-electron chi connectivity index (χ4n) is 1.94. The van der Waals surface area contributed by atoms with E-state index in [4.69, 9.17) is 5.26 Å². The van der Waals surface area contributed by atoms with Crippen LogP contribution in [-0.2, 0) is 0 Å². The molecule has 1 aromatic rings. The number of ketones is 2. The predicted molar refractivity (Wildman–Crippen MR) is 70.6 cm³/mol. The topological polar surface area (TPSA) is 61.2 Å². The fourth-order valence-corrected chi connectivity index (χ4v) is 1.94. The van der Waals surface area contributed by atoms with Crippen molar-refractivity contribution in [1.82, 2.24) is 4.90 Å². The molecule has 0 atom stereocenters. The highest BCUT2D eigenvalue weighted by Gasteiger charge is 2.32. The van der Waals surface area contributed by atoms with Crippen LogP contribution in [0.25, 0.3) is 0 Å². The molecule has 0 N–H and O–H groups in total. The summed E-state index contributed by atoms with van der Waals surface area (Å²) in [6.45, 7) is 0. The molecule has 0 fully saturated rings. The van der Waals surface area contributed by atoms with E-state index < -0.39 is 0 Å². The van der Waals surface area contributed by atoms with Gasteiger partial charge in [0.25, 0.3) is 0 Å². The van der Waals surface area contributed by atoms with Crippen LogP contribution >= 0.6 is 0 Å². The van der Waals surface area contributed by atoms with E-state index in [0.717, 1.165) is 0 Å². The van der Waals surface area contributed by atoms with Gasteiger partial charge in [-0.15, -0.1) is 0 Å². The minimum Gasteiger partial charge on any atom is -0.382 e. The molecule has 4 heteroatoms. The molecule has 2 rings (SSSR count). The molecule has 0 radical (unpaired) electrons. The van der Waals surface area contributed by atoms with Crippen molar-refractivity contribution in [2.45, 2.75) is 0 Å². The fraction of sp³-hybridized carbons (Fsp3) is 0.133. The van der Waals surface area contributed by atoms with Gasteiger partial charge in [0.05, 0.1) is 11.1 Å². The number of carbonyl (C=O) groups is 2. The molecule has 94 valence electrons. The van der Waals surface area contributed by atoms with E-state index in [1.807, 2.05) is 6.07 Å². The highest BCUT2D eigenvalue weighted by atomic mass is 16.2. The predicted octanol–water partition coefficient (Wildman–Crippen LogP) is 1.96. The van der Waals surface area contributed by atoms with E-state index in [-0.39, 0.29) is 22.7 Å². The van der Waals surface area contributed by atoms with Crippen molar-refractivity contribution >= 4 is 11.6 Å². The summed E-state index contributed by atoms with van der Waals surface area (Å²) in [5.41, 5.74) is 1.13. The van der Waals surface area contributed by atoms with Gasteiger partial charge in [-0.1, -0.05) is 24.3 Å². The third kappa shape index (κ3) is 2.31. The Morgan fingerprint density at radius 2 is 1.68 bits per heavy atom. The lowest BCUT2D eigenvalue weighted by atomic mass is 10.1. The van der Waals surface area contributed by atoms with Crippen molar-refractivity contribution in [1.29, 1.82) is 5.26 Å². The Morgan fingerprint density at radius 3 is 2.11 bits per heavy atom. The lowest BCUT2D eigenvalue weighted by Crippen LogP contribution is -2.04. The average Bonchev–Trinajstić information content (AvgIpc) is 2.63. The highest BCUT2D eigenvalue weighted by Crippen LogP contribution is 2.26. The maximum absolute atomic E-state index is 12.1. The SMILES string of the molecule is CN(C)C=C(C#N)C=C1C(=O)c2ccccc2C1=O. The van der Waals surface area contributed by atoms with Crippen molar-refractivity contribution in [2.24, 2.45) is 0 Å². The van der Waals surface area contributed by atoms with Crippen molar-refractivity contribution in [2.75, 3.05) is 14.1 Å². The Labute approximate surface area is 111 Å². The van der Waals surface area contributed by atoms with Crippen LogP contribution < -0.4 is 0 Å². The number of nitriles is 1. The first kappa shape index (κ1) is 12.8. The molecule has 0 saturated carbocycles. The number of allylic oxidation sites excluding steroid dienone is 3. The van der Waals surface area contributed by atoms with E-state index in [1.54, 1.807) is 49.5 Å². The summed E-state index contributed by atoms with van der Waals surface area (Å²) >= 11 is 0. The Kier molecular flexibility index (Phi) is 3.30. The lowest BCUT2D eigenvalue weighted by Gasteiger charge is -2.04. The van der Waals surface area contributed by atoms with Crippen LogP contribution in [0.5, 0.6) is 0 Å². The smallest absolute Gasteiger partial charge is 0.197 e. The summed E-state index contributed by atoms with van der Waals surface area (Å²) in [6, 6.07) is 8.65. The summed E-state index contributed by atoms with van der Waals surface area (Å²) in [7, 11) is 3.53. The molecular weight excluding hydrogens is 240 g/mol. The van der Waals surface area contributed by atoms with Gasteiger partial charge in [0.15, 0.2) is 11.6 Å². The molecule has 1 aliphatic carbocycles. The number of rotatable bonds is 2. The normalized spacial score (nSPS) is 14.2. The molecule has 0 heterocycles. The minimum atomic E-state index is -0.319. The Morgan fingerprint density at radius 1 is 1.16 bits per heavy atom. The van der Waals surface area contributed by atoms with Gasteiger partial charge >= 0.3 is 0 Å². The van der Waals surface area contributed by atoms with Crippen molar-refractivity contribution in [3.63, 3.8) is 0 Å². The zero-order chi connectivity index (χ0) is 14.0. The second kappa shape index (κ2) is 4.91. The van der Waals surface area contributed by atoms with Crippen molar-refractivity contribution in [3.05, 3.63) is 58.8 Å². The molecule has 0 spiro atoms. The number of benzene rings is 1. The summed E-state index contributed by atoms with van der Waals surface area (Å²) in [5.74, 6) is -0.638. The Balaban J connectivity index is 2.48. The largest absolute Gasteiger partial charge is 0.382 e. The molecule has 1 aromatic carbocycles. The number of fused-ring (bicyclic) bond motifs is 1. The van der Waals surface area contributed by atoms with E-state index in [2.05, 4.69) is 0 Å². The highest BCUT2D eigenvalue weighted by molar-refractivity contribution is 6.39. The van der Waals surface area contributed by atoms with Crippen LogP contribution in [0.4, 0.5) is 0 Å². The number of Topliss-reactive ketones (excluding diaryl/α,β-unsaturated/α-hetero) is 2. The first-order chi connectivity index (χ1) is 9.04. The van der Waals surface area contributed by atoms with Gasteiger partial charge in [0.2, 0.25) is 0 Å². The third-order valence-corrected chi connectivity index (χ3v) is 2.73. The summed E-state index contributed by atoms with van der Waals surface area (Å²) in [4.78, 5) is 25.9. The van der Waals surface area contributed by atoms with Gasteiger partial charge in [-0.2, -0.15) is 5.26 Å². The van der Waals surface area contributed by atoms with E-state index >= 15 is 0 Å². The zero-order valence-corrected chi connectivity index (χ0v) is 10.7. The van der Waals surface area contributed by atoms with E-state index in [0.29, 0.717) is 11.1 Å². The van der Waals surface area contributed by atoms with Crippen LogP contribution in [0.15, 0.2) is 47.7 Å². The van der Waals surface area contributed by atoms with Crippen molar-refractivity contribution < 1.29 is 9.59 Å². The molecule has 0 saturated heterocycles. The maximum Gasteiger partial charge on any atom is 0.197 e. The van der Waals surface area contributed by atoms with Gasteiger partial charge in [-0.25, -0.2) is 0 Å². The Hall–Kier alpha value is -2.67. The standard InChI is InChI=1S/C15H12N2O2/c1-17(2)9-10(8-16)7-13-14(18)11-5-3-4-6-12(11)15(13)19/h3-7,9H,1-2H3. The molecule has 0 amide bonds. The quantitative estimate of drug-likeness (QED) is 0.458. The van der Waals surface area contributed by atoms with Crippen LogP contribution in [-0.4, -0.2) is 30.6 Å². The third-order valence-electron chi connectivity index (χ3n) is 2.73. The molecule has 0 aromatic heterocycles. The number of nitrogens with zero attached hydrogens (tertiary/aromatic N) is 2. The molecular formula is C15H12N2O2. The lowest BCUT2D eigenvalue weighted by molar-refractivity contribution is 0.0988.